The molecule has 1 saturated heterocycles. The minimum atomic E-state index is -0.0456. The van der Waals surface area contributed by atoms with Gasteiger partial charge >= 0.3 is 0 Å². The van der Waals surface area contributed by atoms with Crippen LogP contribution in [-0.4, -0.2) is 35.5 Å². The molecule has 5 heteroatoms. The second-order valence-corrected chi connectivity index (χ2v) is 7.75. The number of nitrogens with zero attached hydrogens (tertiary/aromatic N) is 3. The largest absolute Gasteiger partial charge is 0.352 e. The number of hydrogen-bond acceptors (Lipinski definition) is 4. The topological polar surface area (TPSA) is 58.1 Å². The second-order valence-electron chi connectivity index (χ2n) is 7.75. The normalized spacial score (nSPS) is 13.8. The van der Waals surface area contributed by atoms with E-state index in [9.17, 15) is 4.79 Å². The number of anilines is 1. The molecule has 4 rings (SSSR count). The van der Waals surface area contributed by atoms with Crippen LogP contribution in [0.5, 0.6) is 0 Å². The van der Waals surface area contributed by atoms with Crippen molar-refractivity contribution < 1.29 is 4.79 Å². The van der Waals surface area contributed by atoms with Crippen molar-refractivity contribution in [3.63, 3.8) is 0 Å². The molecule has 2 aromatic carbocycles. The van der Waals surface area contributed by atoms with Crippen LogP contribution in [0.4, 0.5) is 5.95 Å². The number of amides is 1. The maximum Gasteiger partial charge on any atom is 0.251 e. The van der Waals surface area contributed by atoms with Gasteiger partial charge in [-0.2, -0.15) is 0 Å². The Hall–Kier alpha value is -3.21. The molecule has 5 nitrogen and oxygen atoms in total. The summed E-state index contributed by atoms with van der Waals surface area (Å²) in [5.41, 5.74) is 3.83. The number of aryl methyl sites for hydroxylation is 1. The number of rotatable bonds is 7. The average Bonchev–Trinajstić information content (AvgIpc) is 2.83. The number of nitrogens with one attached hydrogen (secondary N) is 1. The van der Waals surface area contributed by atoms with Crippen LogP contribution >= 0.6 is 0 Å². The molecule has 0 spiro atoms. The van der Waals surface area contributed by atoms with E-state index in [-0.39, 0.29) is 5.91 Å². The molecule has 1 amide bonds. The molecule has 0 unspecified atom stereocenters. The molecule has 2 heterocycles. The van der Waals surface area contributed by atoms with E-state index in [1.807, 2.05) is 54.9 Å². The van der Waals surface area contributed by atoms with Crippen molar-refractivity contribution in [3.05, 3.63) is 78.1 Å². The van der Waals surface area contributed by atoms with Gasteiger partial charge in [-0.25, -0.2) is 9.97 Å². The first-order valence-corrected chi connectivity index (χ1v) is 10.8. The molecule has 1 aromatic heterocycles. The highest BCUT2D eigenvalue weighted by atomic mass is 16.1. The zero-order valence-electron chi connectivity index (χ0n) is 17.3. The third kappa shape index (κ3) is 5.23. The van der Waals surface area contributed by atoms with Crippen molar-refractivity contribution >= 4 is 11.9 Å². The zero-order chi connectivity index (χ0) is 20.6. The Bertz CT molecular complexity index is 950. The van der Waals surface area contributed by atoms with E-state index in [0.29, 0.717) is 12.1 Å². The predicted octanol–water partition coefficient (Wildman–Crippen LogP) is 4.50. The van der Waals surface area contributed by atoms with Crippen molar-refractivity contribution in [1.29, 1.82) is 0 Å². The molecule has 1 aliphatic heterocycles. The Labute approximate surface area is 178 Å². The van der Waals surface area contributed by atoms with Crippen LogP contribution in [0.3, 0.4) is 0 Å². The number of benzene rings is 2. The number of piperidine rings is 1. The van der Waals surface area contributed by atoms with Crippen molar-refractivity contribution in [2.75, 3.05) is 24.5 Å². The van der Waals surface area contributed by atoms with Gasteiger partial charge in [-0.15, -0.1) is 0 Å². The average molecular weight is 401 g/mol. The van der Waals surface area contributed by atoms with Crippen LogP contribution < -0.4 is 10.2 Å². The zero-order valence-corrected chi connectivity index (χ0v) is 17.3. The van der Waals surface area contributed by atoms with Crippen LogP contribution in [0.2, 0.25) is 0 Å². The van der Waals surface area contributed by atoms with Gasteiger partial charge in [-0.1, -0.05) is 42.5 Å². The van der Waals surface area contributed by atoms with Crippen molar-refractivity contribution in [1.82, 2.24) is 15.3 Å². The molecule has 1 aliphatic rings. The quantitative estimate of drug-likeness (QED) is 0.594. The van der Waals surface area contributed by atoms with Gasteiger partial charge in [0.05, 0.1) is 0 Å². The molecule has 1 N–H and O–H groups in total. The third-order valence-corrected chi connectivity index (χ3v) is 5.51. The fourth-order valence-corrected chi connectivity index (χ4v) is 3.81. The molecular weight excluding hydrogens is 372 g/mol. The fraction of sp³-hybridized carbons (Fsp3) is 0.320. The molecule has 0 bridgehead atoms. The summed E-state index contributed by atoms with van der Waals surface area (Å²) in [5, 5.41) is 3.02. The molecule has 0 aliphatic carbocycles. The van der Waals surface area contributed by atoms with E-state index in [1.54, 1.807) is 0 Å². The lowest BCUT2D eigenvalue weighted by Gasteiger charge is -2.26. The third-order valence-electron chi connectivity index (χ3n) is 5.51. The van der Waals surface area contributed by atoms with E-state index in [1.165, 1.54) is 24.8 Å². The van der Waals surface area contributed by atoms with Gasteiger partial charge in [0.1, 0.15) is 0 Å². The summed E-state index contributed by atoms with van der Waals surface area (Å²) in [5.74, 6) is 0.751. The highest BCUT2D eigenvalue weighted by molar-refractivity contribution is 5.95. The van der Waals surface area contributed by atoms with Gasteiger partial charge < -0.3 is 10.2 Å². The Morgan fingerprint density at radius 2 is 1.67 bits per heavy atom. The summed E-state index contributed by atoms with van der Waals surface area (Å²) in [4.78, 5) is 23.9. The Balaban J connectivity index is 1.34. The molecule has 0 radical (unpaired) electrons. The van der Waals surface area contributed by atoms with Crippen molar-refractivity contribution in [2.24, 2.45) is 0 Å². The summed E-state index contributed by atoms with van der Waals surface area (Å²) in [6.07, 6.45) is 9.28. The maximum atomic E-state index is 12.6. The Morgan fingerprint density at radius 1 is 0.900 bits per heavy atom. The van der Waals surface area contributed by atoms with Gasteiger partial charge in [-0.3, -0.25) is 4.79 Å². The van der Waals surface area contributed by atoms with Crippen molar-refractivity contribution in [3.8, 4) is 11.1 Å². The lowest BCUT2D eigenvalue weighted by molar-refractivity contribution is 0.0953. The molecule has 1 fully saturated rings. The Morgan fingerprint density at radius 3 is 2.43 bits per heavy atom. The highest BCUT2D eigenvalue weighted by Crippen LogP contribution is 2.21. The van der Waals surface area contributed by atoms with E-state index < -0.39 is 0 Å². The second kappa shape index (κ2) is 10.0. The van der Waals surface area contributed by atoms with Gasteiger partial charge in [0, 0.05) is 43.2 Å². The SMILES string of the molecule is O=C(NCCCc1ccccc1)c1cccc(-c2cnc(N3CCCCC3)nc2)c1. The first kappa shape index (κ1) is 20.1. The first-order valence-electron chi connectivity index (χ1n) is 10.8. The van der Waals surface area contributed by atoms with Crippen molar-refractivity contribution in [2.45, 2.75) is 32.1 Å². The molecular formula is C25H28N4O. The Kier molecular flexibility index (Phi) is 6.70. The van der Waals surface area contributed by atoms with E-state index in [4.69, 9.17) is 0 Å². The van der Waals surface area contributed by atoms with Crippen LogP contribution in [-0.2, 0) is 6.42 Å². The van der Waals surface area contributed by atoms with Gasteiger partial charge in [-0.05, 0) is 55.4 Å². The van der Waals surface area contributed by atoms with E-state index >= 15 is 0 Å². The summed E-state index contributed by atoms with van der Waals surface area (Å²) in [6.45, 7) is 2.71. The molecule has 3 aromatic rings. The van der Waals surface area contributed by atoms with Crippen LogP contribution in [0.1, 0.15) is 41.6 Å². The van der Waals surface area contributed by atoms with Crippen LogP contribution in [0, 0.1) is 0 Å². The van der Waals surface area contributed by atoms with Gasteiger partial charge in [0.25, 0.3) is 5.91 Å². The summed E-state index contributed by atoms with van der Waals surface area (Å²) in [7, 11) is 0. The summed E-state index contributed by atoms with van der Waals surface area (Å²) >= 11 is 0. The number of hydrogen-bond donors (Lipinski definition) is 1. The molecule has 154 valence electrons. The molecule has 0 atom stereocenters. The van der Waals surface area contributed by atoms with Crippen LogP contribution in [0.25, 0.3) is 11.1 Å². The molecule has 30 heavy (non-hydrogen) atoms. The number of aromatic nitrogens is 2. The lowest BCUT2D eigenvalue weighted by Crippen LogP contribution is -2.30. The minimum absolute atomic E-state index is 0.0456. The summed E-state index contributed by atoms with van der Waals surface area (Å²) in [6, 6.07) is 18.0. The van der Waals surface area contributed by atoms with E-state index in [0.717, 1.165) is 43.0 Å². The standard InChI is InChI=1S/C25H28N4O/c30-24(26-14-8-11-20-9-3-1-4-10-20)22-13-7-12-21(17-22)23-18-27-25(28-19-23)29-15-5-2-6-16-29/h1,3-4,7,9-10,12-13,17-19H,2,5-6,8,11,14-16H2,(H,26,30). The minimum Gasteiger partial charge on any atom is -0.352 e. The number of carbonyl (C=O) groups excluding carboxylic acids is 1. The monoisotopic (exact) mass is 400 g/mol. The fourth-order valence-electron chi connectivity index (χ4n) is 3.81. The molecule has 0 saturated carbocycles. The smallest absolute Gasteiger partial charge is 0.251 e. The first-order chi connectivity index (χ1) is 14.8. The van der Waals surface area contributed by atoms with Gasteiger partial charge in [0.15, 0.2) is 0 Å². The maximum absolute atomic E-state index is 12.6. The predicted molar refractivity (Wildman–Crippen MR) is 121 cm³/mol. The number of carbonyl (C=O) groups is 1. The highest BCUT2D eigenvalue weighted by Gasteiger charge is 2.13. The van der Waals surface area contributed by atoms with Crippen LogP contribution in [0.15, 0.2) is 67.0 Å². The van der Waals surface area contributed by atoms with E-state index in [2.05, 4.69) is 32.3 Å². The lowest BCUT2D eigenvalue weighted by atomic mass is 10.1. The summed E-state index contributed by atoms with van der Waals surface area (Å²) < 4.78 is 0. The van der Waals surface area contributed by atoms with Gasteiger partial charge in [0.2, 0.25) is 5.95 Å².